The van der Waals surface area contributed by atoms with E-state index in [0.717, 1.165) is 0 Å². The highest BCUT2D eigenvalue weighted by atomic mass is 16.6. The summed E-state index contributed by atoms with van der Waals surface area (Å²) in [6.45, 7) is 1.86. The van der Waals surface area contributed by atoms with Crippen LogP contribution in [0.4, 0.5) is 34.1 Å². The molecular formula is C24H34N6O8. The molecule has 0 aromatic heterocycles. The van der Waals surface area contributed by atoms with Gasteiger partial charge in [0.25, 0.3) is 11.4 Å². The fourth-order valence-corrected chi connectivity index (χ4v) is 4.66. The van der Waals surface area contributed by atoms with Crippen LogP contribution in [0.25, 0.3) is 0 Å². The number of anilines is 4. The fourth-order valence-electron chi connectivity index (χ4n) is 4.66. The van der Waals surface area contributed by atoms with Gasteiger partial charge in [-0.1, -0.05) is 0 Å². The quantitative estimate of drug-likeness (QED) is 0.194. The van der Waals surface area contributed by atoms with Crippen LogP contribution < -0.4 is 19.6 Å². The maximum absolute atomic E-state index is 11.9. The first-order valence-electron chi connectivity index (χ1n) is 12.3. The number of hydrogen-bond donors (Lipinski definition) is 4. The molecule has 38 heavy (non-hydrogen) atoms. The maximum Gasteiger partial charge on any atom is 0.294 e. The third kappa shape index (κ3) is 6.77. The number of aliphatic hydroxyl groups is 4. The molecule has 0 amide bonds. The van der Waals surface area contributed by atoms with Crippen LogP contribution in [0.15, 0.2) is 36.4 Å². The summed E-state index contributed by atoms with van der Waals surface area (Å²) in [4.78, 5) is 29.9. The van der Waals surface area contributed by atoms with Crippen LogP contribution in [-0.4, -0.2) is 109 Å². The molecule has 0 atom stereocenters. The Labute approximate surface area is 219 Å². The summed E-state index contributed by atoms with van der Waals surface area (Å²) in [5, 5.41) is 60.9. The zero-order valence-electron chi connectivity index (χ0n) is 21.1. The summed E-state index contributed by atoms with van der Waals surface area (Å²) in [6.07, 6.45) is 0. The Morgan fingerprint density at radius 1 is 0.632 bits per heavy atom. The van der Waals surface area contributed by atoms with Gasteiger partial charge in [0.2, 0.25) is 0 Å². The summed E-state index contributed by atoms with van der Waals surface area (Å²) in [5.74, 6) is 0. The van der Waals surface area contributed by atoms with Gasteiger partial charge in [0.1, 0.15) is 11.4 Å². The molecule has 1 heterocycles. The molecule has 0 unspecified atom stereocenters. The molecule has 0 radical (unpaired) electrons. The van der Waals surface area contributed by atoms with Crippen LogP contribution in [0.2, 0.25) is 0 Å². The second kappa shape index (κ2) is 13.7. The summed E-state index contributed by atoms with van der Waals surface area (Å²) in [6, 6.07) is 9.60. The lowest BCUT2D eigenvalue weighted by atomic mass is 10.1. The predicted octanol–water partition coefficient (Wildman–Crippen LogP) is 0.412. The van der Waals surface area contributed by atoms with E-state index < -0.39 is 9.85 Å². The average Bonchev–Trinajstić information content (AvgIpc) is 2.92. The number of benzene rings is 2. The summed E-state index contributed by atoms with van der Waals surface area (Å²) in [5.41, 5.74) is 1.71. The monoisotopic (exact) mass is 534 g/mol. The van der Waals surface area contributed by atoms with E-state index in [1.807, 2.05) is 9.80 Å². The highest BCUT2D eigenvalue weighted by Gasteiger charge is 2.28. The molecule has 1 fully saturated rings. The molecule has 3 rings (SSSR count). The van der Waals surface area contributed by atoms with E-state index >= 15 is 0 Å². The minimum absolute atomic E-state index is 0.0972. The van der Waals surface area contributed by atoms with E-state index in [0.29, 0.717) is 48.9 Å². The molecular weight excluding hydrogens is 500 g/mol. The first-order chi connectivity index (χ1) is 18.3. The van der Waals surface area contributed by atoms with E-state index in [2.05, 4.69) is 0 Å². The van der Waals surface area contributed by atoms with Crippen molar-refractivity contribution < 1.29 is 30.3 Å². The van der Waals surface area contributed by atoms with Crippen molar-refractivity contribution in [2.75, 3.05) is 98.4 Å². The lowest BCUT2D eigenvalue weighted by Gasteiger charge is -2.37. The van der Waals surface area contributed by atoms with E-state index in [-0.39, 0.29) is 64.0 Å². The third-order valence-corrected chi connectivity index (χ3v) is 6.48. The van der Waals surface area contributed by atoms with Gasteiger partial charge in [-0.05, 0) is 24.3 Å². The number of hydrogen-bond acceptors (Lipinski definition) is 12. The maximum atomic E-state index is 11.9. The van der Waals surface area contributed by atoms with Crippen molar-refractivity contribution in [3.05, 3.63) is 56.6 Å². The van der Waals surface area contributed by atoms with E-state index in [9.17, 15) is 40.7 Å². The molecule has 14 heteroatoms. The lowest BCUT2D eigenvalue weighted by Crippen LogP contribution is -2.47. The van der Waals surface area contributed by atoms with E-state index in [4.69, 9.17) is 0 Å². The number of nitrogens with zero attached hydrogens (tertiary/aromatic N) is 6. The van der Waals surface area contributed by atoms with Crippen LogP contribution in [0.5, 0.6) is 0 Å². The van der Waals surface area contributed by atoms with E-state index in [1.54, 1.807) is 34.1 Å². The number of aliphatic hydroxyl groups excluding tert-OH is 4. The normalized spacial score (nSPS) is 13.5. The Morgan fingerprint density at radius 2 is 0.947 bits per heavy atom. The van der Waals surface area contributed by atoms with Crippen LogP contribution in [0.1, 0.15) is 0 Å². The number of nitro groups is 2. The Bertz CT molecular complexity index is 998. The number of rotatable bonds is 14. The standard InChI is InChI=1S/C24H34N6O8/c31-13-9-25(10-14-32)19-1-3-21(23(17-19)29(35)36)27-5-7-28(8-6-27)22-4-2-20(18-24(22)30(37)38)26(11-15-33)12-16-34/h1-4,17-18,31-34H,5-16H2. The van der Waals surface area contributed by atoms with Crippen molar-refractivity contribution >= 4 is 34.1 Å². The highest BCUT2D eigenvalue weighted by Crippen LogP contribution is 2.36. The van der Waals surface area contributed by atoms with Gasteiger partial charge in [-0.25, -0.2) is 0 Å². The molecule has 0 aliphatic carbocycles. The van der Waals surface area contributed by atoms with Crippen molar-refractivity contribution in [1.82, 2.24) is 0 Å². The topological polar surface area (TPSA) is 180 Å². The second-order valence-electron chi connectivity index (χ2n) is 8.70. The first-order valence-corrected chi connectivity index (χ1v) is 12.3. The largest absolute Gasteiger partial charge is 0.395 e. The average molecular weight is 535 g/mol. The SMILES string of the molecule is O=[N+]([O-])c1cc(N(CCO)CCO)ccc1N1CCN(c2ccc(N(CCO)CCO)cc2[N+](=O)[O-])CC1. The summed E-state index contributed by atoms with van der Waals surface area (Å²) < 4.78 is 0. The lowest BCUT2D eigenvalue weighted by molar-refractivity contribution is -0.384. The molecule has 4 N–H and O–H groups in total. The molecule has 0 saturated carbocycles. The minimum atomic E-state index is -0.463. The molecule has 2 aromatic rings. The second-order valence-corrected chi connectivity index (χ2v) is 8.70. The van der Waals surface area contributed by atoms with Gasteiger partial charge in [0, 0.05) is 75.9 Å². The Hall–Kier alpha value is -3.72. The van der Waals surface area contributed by atoms with Crippen molar-refractivity contribution in [2.45, 2.75) is 0 Å². The van der Waals surface area contributed by atoms with Crippen molar-refractivity contribution in [3.8, 4) is 0 Å². The zero-order chi connectivity index (χ0) is 27.7. The van der Waals surface area contributed by atoms with Crippen LogP contribution in [0.3, 0.4) is 0 Å². The molecule has 1 saturated heterocycles. The molecule has 208 valence electrons. The van der Waals surface area contributed by atoms with Gasteiger partial charge in [-0.15, -0.1) is 0 Å². The Morgan fingerprint density at radius 3 is 1.21 bits per heavy atom. The summed E-state index contributed by atoms with van der Waals surface area (Å²) >= 11 is 0. The number of nitro benzene ring substituents is 2. The van der Waals surface area contributed by atoms with Crippen molar-refractivity contribution in [2.24, 2.45) is 0 Å². The third-order valence-electron chi connectivity index (χ3n) is 6.48. The summed E-state index contributed by atoms with van der Waals surface area (Å²) in [7, 11) is 0. The number of piperazine rings is 1. The fraction of sp³-hybridized carbons (Fsp3) is 0.500. The van der Waals surface area contributed by atoms with Crippen LogP contribution in [0, 0.1) is 20.2 Å². The van der Waals surface area contributed by atoms with Gasteiger partial charge in [0.15, 0.2) is 0 Å². The van der Waals surface area contributed by atoms with Gasteiger partial charge < -0.3 is 40.0 Å². The molecule has 2 aromatic carbocycles. The molecule has 14 nitrogen and oxygen atoms in total. The molecule has 0 spiro atoms. The van der Waals surface area contributed by atoms with Gasteiger partial charge in [0.05, 0.1) is 36.3 Å². The van der Waals surface area contributed by atoms with E-state index in [1.165, 1.54) is 12.1 Å². The first kappa shape index (κ1) is 28.8. The van der Waals surface area contributed by atoms with Crippen molar-refractivity contribution in [1.29, 1.82) is 0 Å². The molecule has 1 aliphatic heterocycles. The van der Waals surface area contributed by atoms with Crippen molar-refractivity contribution in [3.63, 3.8) is 0 Å². The van der Waals surface area contributed by atoms with Gasteiger partial charge >= 0.3 is 0 Å². The predicted molar refractivity (Wildman–Crippen MR) is 143 cm³/mol. The van der Waals surface area contributed by atoms with Crippen LogP contribution >= 0.6 is 0 Å². The Balaban J connectivity index is 1.80. The molecule has 0 bridgehead atoms. The van der Waals surface area contributed by atoms with Gasteiger partial charge in [-0.3, -0.25) is 20.2 Å². The van der Waals surface area contributed by atoms with Crippen LogP contribution in [-0.2, 0) is 0 Å². The minimum Gasteiger partial charge on any atom is -0.395 e. The molecule has 1 aliphatic rings. The van der Waals surface area contributed by atoms with Gasteiger partial charge in [-0.2, -0.15) is 0 Å². The zero-order valence-corrected chi connectivity index (χ0v) is 21.1. The highest BCUT2D eigenvalue weighted by molar-refractivity contribution is 5.72. The Kier molecular flexibility index (Phi) is 10.4. The smallest absolute Gasteiger partial charge is 0.294 e.